The van der Waals surface area contributed by atoms with Gasteiger partial charge >= 0.3 is 0 Å². The van der Waals surface area contributed by atoms with E-state index in [1.165, 1.54) is 4.88 Å². The summed E-state index contributed by atoms with van der Waals surface area (Å²) in [6, 6.07) is 10.6. The zero-order valence-corrected chi connectivity index (χ0v) is 12.4. The molecule has 0 aliphatic carbocycles. The first kappa shape index (κ1) is 14.2. The van der Waals surface area contributed by atoms with Gasteiger partial charge in [0, 0.05) is 24.5 Å². The van der Waals surface area contributed by atoms with Crippen LogP contribution < -0.4 is 5.32 Å². The minimum atomic E-state index is 0.824. The highest BCUT2D eigenvalue weighted by atomic mass is 32.1. The van der Waals surface area contributed by atoms with E-state index in [0.717, 1.165) is 37.6 Å². The number of nitrogens with one attached hydrogen (secondary N) is 1. The lowest BCUT2D eigenvalue weighted by molar-refractivity contribution is 0.270. The summed E-state index contributed by atoms with van der Waals surface area (Å²) in [4.78, 5) is 8.50. The van der Waals surface area contributed by atoms with Crippen molar-refractivity contribution in [1.29, 1.82) is 0 Å². The van der Waals surface area contributed by atoms with Gasteiger partial charge in [-0.1, -0.05) is 19.1 Å². The van der Waals surface area contributed by atoms with Gasteiger partial charge in [-0.25, -0.2) is 0 Å². The van der Waals surface area contributed by atoms with Crippen LogP contribution in [-0.4, -0.2) is 23.5 Å². The first-order valence-corrected chi connectivity index (χ1v) is 7.54. The predicted octanol–water partition coefficient (Wildman–Crippen LogP) is 2.88. The van der Waals surface area contributed by atoms with Crippen LogP contribution in [0.25, 0.3) is 0 Å². The summed E-state index contributed by atoms with van der Waals surface area (Å²) in [7, 11) is 1.95. The Bertz CT molecular complexity index is 482. The van der Waals surface area contributed by atoms with Gasteiger partial charge in [-0.05, 0) is 37.2 Å². The molecule has 2 aromatic heterocycles. The first-order valence-electron chi connectivity index (χ1n) is 6.66. The monoisotopic (exact) mass is 275 g/mol. The molecule has 4 heteroatoms. The molecule has 0 fully saturated rings. The van der Waals surface area contributed by atoms with Gasteiger partial charge in [0.05, 0.1) is 11.4 Å². The van der Waals surface area contributed by atoms with E-state index in [4.69, 9.17) is 0 Å². The fourth-order valence-corrected chi connectivity index (χ4v) is 2.77. The highest BCUT2D eigenvalue weighted by Gasteiger charge is 2.07. The van der Waals surface area contributed by atoms with E-state index in [0.29, 0.717) is 0 Å². The van der Waals surface area contributed by atoms with Crippen molar-refractivity contribution in [2.24, 2.45) is 0 Å². The molecule has 102 valence electrons. The Morgan fingerprint density at radius 1 is 1.16 bits per heavy atom. The second-order valence-electron chi connectivity index (χ2n) is 4.53. The number of nitrogens with zero attached hydrogens (tertiary/aromatic N) is 2. The lowest BCUT2D eigenvalue weighted by atomic mass is 10.2. The number of hydrogen-bond donors (Lipinski definition) is 1. The van der Waals surface area contributed by atoms with Crippen LogP contribution in [0.3, 0.4) is 0 Å². The van der Waals surface area contributed by atoms with Gasteiger partial charge < -0.3 is 5.32 Å². The van der Waals surface area contributed by atoms with Gasteiger partial charge in [-0.3, -0.25) is 9.88 Å². The molecule has 3 nitrogen and oxygen atoms in total. The molecule has 0 aliphatic rings. The second kappa shape index (κ2) is 7.38. The Hall–Kier alpha value is -1.23. The van der Waals surface area contributed by atoms with Crippen molar-refractivity contribution in [3.05, 3.63) is 52.0 Å². The second-order valence-corrected chi connectivity index (χ2v) is 5.57. The molecule has 0 spiro atoms. The third kappa shape index (κ3) is 4.42. The number of hydrogen-bond acceptors (Lipinski definition) is 4. The van der Waals surface area contributed by atoms with E-state index < -0.39 is 0 Å². The van der Waals surface area contributed by atoms with Crippen molar-refractivity contribution in [2.75, 3.05) is 13.6 Å². The fraction of sp³-hybridized carbons (Fsp3) is 0.400. The van der Waals surface area contributed by atoms with Crippen LogP contribution in [0.1, 0.15) is 23.2 Å². The lowest BCUT2D eigenvalue weighted by Gasteiger charge is -2.19. The average molecular weight is 275 g/mol. The highest BCUT2D eigenvalue weighted by molar-refractivity contribution is 7.09. The lowest BCUT2D eigenvalue weighted by Crippen LogP contribution is -2.22. The number of rotatable bonds is 7. The standard InChI is InChI=1S/C15H21N3S/c1-3-18(12-15-8-5-9-19-15)11-14-7-4-6-13(17-14)10-16-2/h4-9,16H,3,10-12H2,1-2H3. The quantitative estimate of drug-likeness (QED) is 0.842. The normalized spacial score (nSPS) is 11.1. The van der Waals surface area contributed by atoms with Crippen LogP contribution in [0, 0.1) is 0 Å². The molecule has 0 radical (unpaired) electrons. The van der Waals surface area contributed by atoms with Crippen LogP contribution in [0.15, 0.2) is 35.7 Å². The highest BCUT2D eigenvalue weighted by Crippen LogP contribution is 2.13. The van der Waals surface area contributed by atoms with E-state index in [9.17, 15) is 0 Å². The zero-order valence-electron chi connectivity index (χ0n) is 11.6. The number of aromatic nitrogens is 1. The fourth-order valence-electron chi connectivity index (χ4n) is 2.03. The Balaban J connectivity index is 1.99. The van der Waals surface area contributed by atoms with Crippen molar-refractivity contribution in [3.63, 3.8) is 0 Å². The van der Waals surface area contributed by atoms with Crippen molar-refractivity contribution in [3.8, 4) is 0 Å². The first-order chi connectivity index (χ1) is 9.31. The molecule has 0 amide bonds. The minimum absolute atomic E-state index is 0.824. The summed E-state index contributed by atoms with van der Waals surface area (Å²) in [5, 5.41) is 5.27. The Morgan fingerprint density at radius 3 is 2.68 bits per heavy atom. The molecule has 2 aromatic rings. The van der Waals surface area contributed by atoms with Crippen molar-refractivity contribution in [2.45, 2.75) is 26.6 Å². The van der Waals surface area contributed by atoms with Crippen LogP contribution in [0.5, 0.6) is 0 Å². The molecule has 0 aliphatic heterocycles. The van der Waals surface area contributed by atoms with E-state index in [1.807, 2.05) is 18.4 Å². The van der Waals surface area contributed by atoms with Gasteiger partial charge in [0.2, 0.25) is 0 Å². The minimum Gasteiger partial charge on any atom is -0.314 e. The van der Waals surface area contributed by atoms with Gasteiger partial charge in [-0.15, -0.1) is 11.3 Å². The molecule has 0 unspecified atom stereocenters. The van der Waals surface area contributed by atoms with Gasteiger partial charge in [0.1, 0.15) is 0 Å². The molecule has 0 saturated heterocycles. The number of pyridine rings is 1. The Labute approximate surface area is 119 Å². The molecule has 2 heterocycles. The Morgan fingerprint density at radius 2 is 2.00 bits per heavy atom. The van der Waals surface area contributed by atoms with Crippen molar-refractivity contribution < 1.29 is 0 Å². The predicted molar refractivity (Wildman–Crippen MR) is 81.1 cm³/mol. The van der Waals surface area contributed by atoms with E-state index in [2.05, 4.69) is 57.8 Å². The third-order valence-electron chi connectivity index (χ3n) is 3.01. The van der Waals surface area contributed by atoms with Crippen LogP contribution in [0.2, 0.25) is 0 Å². The van der Waals surface area contributed by atoms with E-state index in [-0.39, 0.29) is 0 Å². The van der Waals surface area contributed by atoms with E-state index >= 15 is 0 Å². The molecule has 2 rings (SSSR count). The van der Waals surface area contributed by atoms with Gasteiger partial charge in [0.25, 0.3) is 0 Å². The molecule has 0 aromatic carbocycles. The molecule has 0 bridgehead atoms. The molecular weight excluding hydrogens is 254 g/mol. The van der Waals surface area contributed by atoms with Gasteiger partial charge in [-0.2, -0.15) is 0 Å². The summed E-state index contributed by atoms with van der Waals surface area (Å²) in [5.74, 6) is 0. The molecule has 19 heavy (non-hydrogen) atoms. The third-order valence-corrected chi connectivity index (χ3v) is 3.88. The SMILES string of the molecule is CCN(Cc1cccc(CNC)n1)Cc1cccs1. The largest absolute Gasteiger partial charge is 0.314 e. The van der Waals surface area contributed by atoms with Gasteiger partial charge in [0.15, 0.2) is 0 Å². The summed E-state index contributed by atoms with van der Waals surface area (Å²) < 4.78 is 0. The van der Waals surface area contributed by atoms with Crippen molar-refractivity contribution >= 4 is 11.3 Å². The summed E-state index contributed by atoms with van der Waals surface area (Å²) in [6.07, 6.45) is 0. The summed E-state index contributed by atoms with van der Waals surface area (Å²) in [6.45, 7) is 5.98. The molecule has 1 N–H and O–H groups in total. The maximum absolute atomic E-state index is 4.68. The Kier molecular flexibility index (Phi) is 5.51. The average Bonchev–Trinajstić information content (AvgIpc) is 2.92. The van der Waals surface area contributed by atoms with Crippen LogP contribution in [-0.2, 0) is 19.6 Å². The zero-order chi connectivity index (χ0) is 13.5. The van der Waals surface area contributed by atoms with Crippen LogP contribution >= 0.6 is 11.3 Å². The molecule has 0 saturated carbocycles. The maximum atomic E-state index is 4.68. The topological polar surface area (TPSA) is 28.2 Å². The number of thiophene rings is 1. The van der Waals surface area contributed by atoms with Crippen LogP contribution in [0.4, 0.5) is 0 Å². The molecule has 0 atom stereocenters. The molecular formula is C15H21N3S. The summed E-state index contributed by atoms with van der Waals surface area (Å²) in [5.41, 5.74) is 2.25. The smallest absolute Gasteiger partial charge is 0.0548 e. The maximum Gasteiger partial charge on any atom is 0.0548 e. The van der Waals surface area contributed by atoms with E-state index in [1.54, 1.807) is 0 Å². The summed E-state index contributed by atoms with van der Waals surface area (Å²) >= 11 is 1.82. The van der Waals surface area contributed by atoms with Crippen molar-refractivity contribution in [1.82, 2.24) is 15.2 Å².